The lowest BCUT2D eigenvalue weighted by molar-refractivity contribution is 0.548. The molecule has 2 nitrogen and oxygen atoms in total. The number of nitrogens with one attached hydrogen (secondary N) is 1. The van der Waals surface area contributed by atoms with E-state index in [0.29, 0.717) is 5.92 Å². The van der Waals surface area contributed by atoms with Gasteiger partial charge in [0.2, 0.25) is 0 Å². The van der Waals surface area contributed by atoms with E-state index < -0.39 is 0 Å². The molecule has 0 radical (unpaired) electrons. The third kappa shape index (κ3) is 4.90. The van der Waals surface area contributed by atoms with Crippen LogP contribution in [0.2, 0.25) is 0 Å². The van der Waals surface area contributed by atoms with Gasteiger partial charge in [-0.1, -0.05) is 41.1 Å². The Balaban J connectivity index is 2.05. The quantitative estimate of drug-likeness (QED) is 0.669. The van der Waals surface area contributed by atoms with Gasteiger partial charge in [0.15, 0.2) is 0 Å². The minimum absolute atomic E-state index is 0.536. The first-order valence-electron chi connectivity index (χ1n) is 7.56. The fraction of sp³-hybridized carbons (Fsp3) is 0.471. The van der Waals surface area contributed by atoms with Gasteiger partial charge < -0.3 is 5.32 Å². The van der Waals surface area contributed by atoms with Crippen molar-refractivity contribution in [1.29, 1.82) is 0 Å². The number of aromatic nitrogens is 1. The molecule has 0 fully saturated rings. The third-order valence-corrected chi connectivity index (χ3v) is 5.44. The van der Waals surface area contributed by atoms with Crippen LogP contribution in [0.3, 0.4) is 0 Å². The molecule has 0 aliphatic carbocycles. The van der Waals surface area contributed by atoms with Crippen LogP contribution in [0, 0.1) is 6.92 Å². The second kappa shape index (κ2) is 8.66. The summed E-state index contributed by atoms with van der Waals surface area (Å²) in [5, 5.41) is 3.57. The van der Waals surface area contributed by atoms with Crippen molar-refractivity contribution in [1.82, 2.24) is 10.3 Å². The Hall–Kier alpha value is -0.710. The van der Waals surface area contributed by atoms with Gasteiger partial charge in [-0.05, 0) is 50.3 Å². The molecule has 1 N–H and O–H groups in total. The number of rotatable bonds is 8. The van der Waals surface area contributed by atoms with E-state index in [4.69, 9.17) is 0 Å². The minimum atomic E-state index is 0.536. The van der Waals surface area contributed by atoms with Crippen molar-refractivity contribution >= 4 is 27.3 Å². The SMILES string of the molecule is CCCNCC(CCc1scnc1C)c1ccccc1Br. The molecule has 0 amide bonds. The molecule has 0 spiro atoms. The molecule has 0 aliphatic rings. The van der Waals surface area contributed by atoms with Gasteiger partial charge in [0.05, 0.1) is 11.2 Å². The molecule has 1 aromatic heterocycles. The summed E-state index contributed by atoms with van der Waals surface area (Å²) in [5.41, 5.74) is 4.55. The van der Waals surface area contributed by atoms with E-state index in [0.717, 1.165) is 25.9 Å². The molecule has 4 heteroatoms. The standard InChI is InChI=1S/C17H23BrN2S/c1-3-10-19-11-14(15-6-4-5-7-16(15)18)8-9-17-13(2)20-12-21-17/h4-7,12,14,19H,3,8-11H2,1-2H3. The first-order valence-corrected chi connectivity index (χ1v) is 9.23. The molecule has 0 saturated heterocycles. The second-order valence-electron chi connectivity index (χ2n) is 5.32. The summed E-state index contributed by atoms with van der Waals surface area (Å²) >= 11 is 5.48. The average molecular weight is 367 g/mol. The van der Waals surface area contributed by atoms with Crippen molar-refractivity contribution in [2.75, 3.05) is 13.1 Å². The normalized spacial score (nSPS) is 12.5. The first-order chi connectivity index (χ1) is 10.2. The average Bonchev–Trinajstić information content (AvgIpc) is 2.89. The van der Waals surface area contributed by atoms with E-state index in [-0.39, 0.29) is 0 Å². The van der Waals surface area contributed by atoms with Crippen molar-refractivity contribution in [3.05, 3.63) is 50.4 Å². The largest absolute Gasteiger partial charge is 0.316 e. The molecule has 1 heterocycles. The summed E-state index contributed by atoms with van der Waals surface area (Å²) in [7, 11) is 0. The summed E-state index contributed by atoms with van der Waals surface area (Å²) < 4.78 is 1.22. The van der Waals surface area contributed by atoms with Gasteiger partial charge in [-0.15, -0.1) is 11.3 Å². The highest BCUT2D eigenvalue weighted by atomic mass is 79.9. The number of thiazole rings is 1. The van der Waals surface area contributed by atoms with Gasteiger partial charge in [-0.3, -0.25) is 0 Å². The van der Waals surface area contributed by atoms with Crippen LogP contribution in [0.5, 0.6) is 0 Å². The number of hydrogen-bond donors (Lipinski definition) is 1. The van der Waals surface area contributed by atoms with E-state index in [9.17, 15) is 0 Å². The lowest BCUT2D eigenvalue weighted by Crippen LogP contribution is -2.23. The summed E-state index contributed by atoms with van der Waals surface area (Å²) in [6, 6.07) is 8.59. The number of hydrogen-bond acceptors (Lipinski definition) is 3. The first kappa shape index (κ1) is 16.7. The Morgan fingerprint density at radius 1 is 1.33 bits per heavy atom. The van der Waals surface area contributed by atoms with Crippen LogP contribution in [0.15, 0.2) is 34.2 Å². The van der Waals surface area contributed by atoms with Gasteiger partial charge in [-0.2, -0.15) is 0 Å². The van der Waals surface area contributed by atoms with Gasteiger partial charge >= 0.3 is 0 Å². The minimum Gasteiger partial charge on any atom is -0.316 e. The van der Waals surface area contributed by atoms with Crippen molar-refractivity contribution in [2.45, 2.75) is 39.0 Å². The van der Waals surface area contributed by atoms with Crippen LogP contribution in [-0.2, 0) is 6.42 Å². The Bertz CT molecular complexity index is 553. The number of benzene rings is 1. The molecule has 1 aromatic carbocycles. The Morgan fingerprint density at radius 2 is 2.14 bits per heavy atom. The summed E-state index contributed by atoms with van der Waals surface area (Å²) in [4.78, 5) is 5.77. The lowest BCUT2D eigenvalue weighted by Gasteiger charge is -2.19. The smallest absolute Gasteiger partial charge is 0.0797 e. The molecule has 21 heavy (non-hydrogen) atoms. The highest BCUT2D eigenvalue weighted by molar-refractivity contribution is 9.10. The zero-order chi connectivity index (χ0) is 15.1. The fourth-order valence-electron chi connectivity index (χ4n) is 2.50. The molecule has 1 atom stereocenters. The van der Waals surface area contributed by atoms with Crippen molar-refractivity contribution < 1.29 is 0 Å². The van der Waals surface area contributed by atoms with Crippen LogP contribution in [-0.4, -0.2) is 18.1 Å². The highest BCUT2D eigenvalue weighted by Crippen LogP contribution is 2.29. The maximum absolute atomic E-state index is 4.35. The van der Waals surface area contributed by atoms with Gasteiger partial charge in [0, 0.05) is 15.9 Å². The summed E-state index contributed by atoms with van der Waals surface area (Å²) in [6.07, 6.45) is 3.44. The van der Waals surface area contributed by atoms with Crippen LogP contribution in [0.4, 0.5) is 0 Å². The third-order valence-electron chi connectivity index (χ3n) is 3.73. The van der Waals surface area contributed by atoms with E-state index in [1.165, 1.54) is 27.0 Å². The van der Waals surface area contributed by atoms with E-state index in [1.807, 2.05) is 5.51 Å². The van der Waals surface area contributed by atoms with Crippen LogP contribution in [0.25, 0.3) is 0 Å². The van der Waals surface area contributed by atoms with E-state index in [1.54, 1.807) is 11.3 Å². The number of aryl methyl sites for hydroxylation is 2. The molecule has 0 aliphatic heterocycles. The van der Waals surface area contributed by atoms with E-state index >= 15 is 0 Å². The van der Waals surface area contributed by atoms with Gasteiger partial charge in [0.1, 0.15) is 0 Å². The van der Waals surface area contributed by atoms with Crippen molar-refractivity contribution in [3.63, 3.8) is 0 Å². The topological polar surface area (TPSA) is 24.9 Å². The fourth-order valence-corrected chi connectivity index (χ4v) is 3.90. The molecule has 2 rings (SSSR count). The zero-order valence-corrected chi connectivity index (χ0v) is 15.1. The maximum Gasteiger partial charge on any atom is 0.0797 e. The lowest BCUT2D eigenvalue weighted by atomic mass is 9.93. The van der Waals surface area contributed by atoms with Crippen molar-refractivity contribution in [2.24, 2.45) is 0 Å². The van der Waals surface area contributed by atoms with Crippen LogP contribution >= 0.6 is 27.3 Å². The van der Waals surface area contributed by atoms with Gasteiger partial charge in [0.25, 0.3) is 0 Å². The van der Waals surface area contributed by atoms with Crippen LogP contribution in [0.1, 0.15) is 41.8 Å². The predicted molar refractivity (Wildman–Crippen MR) is 95.2 cm³/mol. The summed E-state index contributed by atoms with van der Waals surface area (Å²) in [5.74, 6) is 0.536. The summed E-state index contributed by atoms with van der Waals surface area (Å²) in [6.45, 7) is 6.44. The van der Waals surface area contributed by atoms with Crippen LogP contribution < -0.4 is 5.32 Å². The predicted octanol–water partition coefficient (Wildman–Crippen LogP) is 4.93. The molecule has 0 bridgehead atoms. The number of nitrogens with zero attached hydrogens (tertiary/aromatic N) is 1. The van der Waals surface area contributed by atoms with Gasteiger partial charge in [-0.25, -0.2) is 4.98 Å². The molecular formula is C17H23BrN2S. The molecule has 1 unspecified atom stereocenters. The molecule has 0 saturated carbocycles. The second-order valence-corrected chi connectivity index (χ2v) is 7.12. The Kier molecular flexibility index (Phi) is 6.87. The van der Waals surface area contributed by atoms with Crippen molar-refractivity contribution in [3.8, 4) is 0 Å². The Morgan fingerprint density at radius 3 is 2.81 bits per heavy atom. The molecule has 2 aromatic rings. The maximum atomic E-state index is 4.35. The Labute approximate surface area is 140 Å². The highest BCUT2D eigenvalue weighted by Gasteiger charge is 2.15. The molecule has 114 valence electrons. The monoisotopic (exact) mass is 366 g/mol. The molecular weight excluding hydrogens is 344 g/mol. The number of halogens is 1. The zero-order valence-electron chi connectivity index (χ0n) is 12.7. The van der Waals surface area contributed by atoms with E-state index in [2.05, 4.69) is 64.3 Å².